The van der Waals surface area contributed by atoms with Crippen molar-refractivity contribution in [1.29, 1.82) is 0 Å². The molecule has 3 nitrogen and oxygen atoms in total. The van der Waals surface area contributed by atoms with Gasteiger partial charge in [-0.2, -0.15) is 0 Å². The highest BCUT2D eigenvalue weighted by Crippen LogP contribution is 2.33. The molecule has 1 aliphatic rings. The van der Waals surface area contributed by atoms with Gasteiger partial charge in [-0.15, -0.1) is 0 Å². The molecule has 2 atom stereocenters. The number of rotatable bonds is 5. The van der Waals surface area contributed by atoms with Gasteiger partial charge in [0.15, 0.2) is 0 Å². The van der Waals surface area contributed by atoms with Gasteiger partial charge in [-0.25, -0.2) is 0 Å². The van der Waals surface area contributed by atoms with Gasteiger partial charge in [-0.1, -0.05) is 29.8 Å². The normalized spacial score (nSPS) is 24.9. The molecule has 19 heavy (non-hydrogen) atoms. The smallest absolute Gasteiger partial charge is 0.0557 e. The molecule has 0 amide bonds. The third-order valence-corrected chi connectivity index (χ3v) is 4.47. The van der Waals surface area contributed by atoms with E-state index in [1.807, 2.05) is 18.2 Å². The van der Waals surface area contributed by atoms with Crippen LogP contribution in [0.3, 0.4) is 0 Å². The molecule has 1 heterocycles. The van der Waals surface area contributed by atoms with Gasteiger partial charge in [0.2, 0.25) is 0 Å². The van der Waals surface area contributed by atoms with Crippen LogP contribution in [0.2, 0.25) is 5.02 Å². The number of ether oxygens (including phenoxy) is 1. The van der Waals surface area contributed by atoms with Crippen LogP contribution >= 0.6 is 11.6 Å². The lowest BCUT2D eigenvalue weighted by molar-refractivity contribution is 0.0539. The minimum atomic E-state index is -0.121. The van der Waals surface area contributed by atoms with Crippen LogP contribution in [0, 0.1) is 5.41 Å². The molecular weight excluding hydrogens is 262 g/mol. The van der Waals surface area contributed by atoms with E-state index in [0.717, 1.165) is 30.2 Å². The zero-order valence-corrected chi connectivity index (χ0v) is 12.4. The van der Waals surface area contributed by atoms with Crippen molar-refractivity contribution < 1.29 is 9.84 Å². The molecule has 1 aliphatic heterocycles. The fraction of sp³-hybridized carbons (Fsp3) is 0.600. The first kappa shape index (κ1) is 14.8. The maximum absolute atomic E-state index is 9.64. The summed E-state index contributed by atoms with van der Waals surface area (Å²) >= 11 is 6.25. The summed E-state index contributed by atoms with van der Waals surface area (Å²) in [7, 11) is 2.07. The Morgan fingerprint density at radius 1 is 1.47 bits per heavy atom. The van der Waals surface area contributed by atoms with Crippen LogP contribution in [-0.2, 0) is 4.74 Å². The third-order valence-electron chi connectivity index (χ3n) is 4.12. The zero-order valence-electron chi connectivity index (χ0n) is 11.6. The monoisotopic (exact) mass is 283 g/mol. The first-order valence-electron chi connectivity index (χ1n) is 6.71. The van der Waals surface area contributed by atoms with Crippen molar-refractivity contribution in [3.05, 3.63) is 34.9 Å². The number of halogens is 1. The zero-order chi connectivity index (χ0) is 13.9. The van der Waals surface area contributed by atoms with E-state index < -0.39 is 0 Å². The minimum Gasteiger partial charge on any atom is -0.396 e. The molecule has 1 aromatic rings. The number of nitrogens with zero attached hydrogens (tertiary/aromatic N) is 1. The summed E-state index contributed by atoms with van der Waals surface area (Å²) in [6.07, 6.45) is 0.920. The molecule has 0 spiro atoms. The highest BCUT2D eigenvalue weighted by atomic mass is 35.5. The first-order valence-corrected chi connectivity index (χ1v) is 7.09. The summed E-state index contributed by atoms with van der Waals surface area (Å²) in [5.74, 6) is 0. The van der Waals surface area contributed by atoms with E-state index in [4.69, 9.17) is 16.3 Å². The summed E-state index contributed by atoms with van der Waals surface area (Å²) < 4.78 is 5.45. The van der Waals surface area contributed by atoms with E-state index in [0.29, 0.717) is 6.61 Å². The van der Waals surface area contributed by atoms with Crippen LogP contribution in [0.15, 0.2) is 24.3 Å². The molecule has 0 aliphatic carbocycles. The Morgan fingerprint density at radius 2 is 2.21 bits per heavy atom. The quantitative estimate of drug-likeness (QED) is 0.902. The van der Waals surface area contributed by atoms with Crippen LogP contribution < -0.4 is 0 Å². The van der Waals surface area contributed by atoms with Gasteiger partial charge < -0.3 is 9.84 Å². The second-order valence-corrected chi connectivity index (χ2v) is 5.98. The van der Waals surface area contributed by atoms with Gasteiger partial charge in [0.25, 0.3) is 0 Å². The Labute approximate surface area is 120 Å². The van der Waals surface area contributed by atoms with E-state index >= 15 is 0 Å². The number of benzene rings is 1. The Morgan fingerprint density at radius 3 is 2.79 bits per heavy atom. The Bertz CT molecular complexity index is 418. The average Bonchev–Trinajstić information content (AvgIpc) is 2.87. The first-order chi connectivity index (χ1) is 9.08. The predicted octanol–water partition coefficient (Wildman–Crippen LogP) is 2.73. The SMILES string of the molecule is CC(c1ccccc1Cl)N(C)CC1(CO)CCOC1. The molecule has 0 radical (unpaired) electrons. The molecule has 1 N–H and O–H groups in total. The van der Waals surface area contributed by atoms with Crippen molar-refractivity contribution in [2.75, 3.05) is 33.4 Å². The van der Waals surface area contributed by atoms with Gasteiger partial charge in [-0.05, 0) is 32.0 Å². The van der Waals surface area contributed by atoms with Crippen molar-refractivity contribution in [2.24, 2.45) is 5.41 Å². The summed E-state index contributed by atoms with van der Waals surface area (Å²) in [5, 5.41) is 10.4. The topological polar surface area (TPSA) is 32.7 Å². The predicted molar refractivity (Wildman–Crippen MR) is 77.5 cm³/mol. The Kier molecular flexibility index (Phi) is 4.85. The second kappa shape index (κ2) is 6.23. The van der Waals surface area contributed by atoms with Crippen molar-refractivity contribution in [1.82, 2.24) is 4.90 Å². The van der Waals surface area contributed by atoms with E-state index in [1.54, 1.807) is 0 Å². The van der Waals surface area contributed by atoms with Crippen molar-refractivity contribution >= 4 is 11.6 Å². The maximum atomic E-state index is 9.64. The second-order valence-electron chi connectivity index (χ2n) is 5.57. The summed E-state index contributed by atoms with van der Waals surface area (Å²) in [6.45, 7) is 4.52. The largest absolute Gasteiger partial charge is 0.396 e. The van der Waals surface area contributed by atoms with E-state index in [-0.39, 0.29) is 18.1 Å². The highest BCUT2D eigenvalue weighted by Gasteiger charge is 2.36. The van der Waals surface area contributed by atoms with Crippen LogP contribution in [0.25, 0.3) is 0 Å². The summed E-state index contributed by atoms with van der Waals surface area (Å²) in [6, 6.07) is 8.14. The number of aliphatic hydroxyl groups is 1. The molecule has 2 unspecified atom stereocenters. The maximum Gasteiger partial charge on any atom is 0.0557 e. The fourth-order valence-corrected chi connectivity index (χ4v) is 2.96. The average molecular weight is 284 g/mol. The molecule has 1 fully saturated rings. The van der Waals surface area contributed by atoms with E-state index in [1.165, 1.54) is 0 Å². The summed E-state index contributed by atoms with van der Waals surface area (Å²) in [5.41, 5.74) is 1.00. The van der Waals surface area contributed by atoms with Crippen LogP contribution in [0.5, 0.6) is 0 Å². The van der Waals surface area contributed by atoms with Gasteiger partial charge >= 0.3 is 0 Å². The molecule has 0 saturated carbocycles. The molecule has 2 rings (SSSR count). The Hall–Kier alpha value is -0.610. The third kappa shape index (κ3) is 3.29. The lowest BCUT2D eigenvalue weighted by Crippen LogP contribution is -2.40. The van der Waals surface area contributed by atoms with Crippen LogP contribution in [-0.4, -0.2) is 43.4 Å². The lowest BCUT2D eigenvalue weighted by atomic mass is 9.87. The van der Waals surface area contributed by atoms with Crippen molar-refractivity contribution in [2.45, 2.75) is 19.4 Å². The van der Waals surface area contributed by atoms with E-state index in [9.17, 15) is 5.11 Å². The molecular formula is C15H22ClNO2. The molecule has 0 aromatic heterocycles. The van der Waals surface area contributed by atoms with Gasteiger partial charge in [0.05, 0.1) is 13.2 Å². The number of hydrogen-bond donors (Lipinski definition) is 1. The van der Waals surface area contributed by atoms with Crippen molar-refractivity contribution in [3.63, 3.8) is 0 Å². The van der Waals surface area contributed by atoms with Gasteiger partial charge in [0, 0.05) is 29.6 Å². The van der Waals surface area contributed by atoms with Crippen LogP contribution in [0.1, 0.15) is 24.9 Å². The lowest BCUT2D eigenvalue weighted by Gasteiger charge is -2.34. The molecule has 0 bridgehead atoms. The minimum absolute atomic E-state index is 0.121. The molecule has 106 valence electrons. The molecule has 1 saturated heterocycles. The molecule has 1 aromatic carbocycles. The van der Waals surface area contributed by atoms with Gasteiger partial charge in [-0.3, -0.25) is 4.90 Å². The Balaban J connectivity index is 2.07. The molecule has 4 heteroatoms. The fourth-order valence-electron chi connectivity index (χ4n) is 2.67. The van der Waals surface area contributed by atoms with Gasteiger partial charge in [0.1, 0.15) is 0 Å². The standard InChI is InChI=1S/C15H22ClNO2/c1-12(13-5-3-4-6-14(13)16)17(2)9-15(10-18)7-8-19-11-15/h3-6,12,18H,7-11H2,1-2H3. The van der Waals surface area contributed by atoms with Crippen LogP contribution in [0.4, 0.5) is 0 Å². The van der Waals surface area contributed by atoms with Crippen molar-refractivity contribution in [3.8, 4) is 0 Å². The summed E-state index contributed by atoms with van der Waals surface area (Å²) in [4.78, 5) is 2.24. The highest BCUT2D eigenvalue weighted by molar-refractivity contribution is 6.31. The number of hydrogen-bond acceptors (Lipinski definition) is 3. The number of aliphatic hydroxyl groups excluding tert-OH is 1. The van der Waals surface area contributed by atoms with E-state index in [2.05, 4.69) is 24.9 Å².